The lowest BCUT2D eigenvalue weighted by molar-refractivity contribution is -0.120. The molecule has 0 unspecified atom stereocenters. The number of benzene rings is 2. The SMILES string of the molecule is Cc1ccc(S(=O)(=O)N[C@H]2CCN3C(=O)c4cc(-c5ccco5)ccc4NC(=O)[C@H]23)cc1. The number of rotatable bonds is 4. The summed E-state index contributed by atoms with van der Waals surface area (Å²) in [5.41, 5.74) is 2.39. The molecule has 2 aliphatic heterocycles. The van der Waals surface area contributed by atoms with Gasteiger partial charge in [-0.05, 0) is 55.8 Å². The zero-order chi connectivity index (χ0) is 22.5. The van der Waals surface area contributed by atoms with E-state index in [2.05, 4.69) is 10.0 Å². The van der Waals surface area contributed by atoms with Gasteiger partial charge >= 0.3 is 0 Å². The second-order valence-electron chi connectivity index (χ2n) is 8.00. The van der Waals surface area contributed by atoms with Gasteiger partial charge in [0, 0.05) is 12.1 Å². The fourth-order valence-corrected chi connectivity index (χ4v) is 5.52. The Morgan fingerprint density at radius 1 is 1.09 bits per heavy atom. The Morgan fingerprint density at radius 2 is 1.88 bits per heavy atom. The molecular weight excluding hydrogens is 430 g/mol. The van der Waals surface area contributed by atoms with E-state index in [1.54, 1.807) is 48.7 Å². The highest BCUT2D eigenvalue weighted by molar-refractivity contribution is 7.89. The van der Waals surface area contributed by atoms with Crippen LogP contribution in [0, 0.1) is 6.92 Å². The summed E-state index contributed by atoms with van der Waals surface area (Å²) in [7, 11) is -3.85. The molecule has 0 saturated carbocycles. The number of fused-ring (bicyclic) bond motifs is 2. The Hall–Kier alpha value is -3.43. The van der Waals surface area contributed by atoms with Crippen LogP contribution in [0.25, 0.3) is 11.3 Å². The van der Waals surface area contributed by atoms with E-state index in [1.165, 1.54) is 17.0 Å². The molecule has 2 atom stereocenters. The molecule has 3 aromatic rings. The van der Waals surface area contributed by atoms with Crippen molar-refractivity contribution in [2.75, 3.05) is 11.9 Å². The van der Waals surface area contributed by atoms with Gasteiger partial charge in [0.2, 0.25) is 15.9 Å². The van der Waals surface area contributed by atoms with Crippen LogP contribution in [0.1, 0.15) is 22.3 Å². The van der Waals surface area contributed by atoms with Gasteiger partial charge in [0.1, 0.15) is 11.8 Å². The fourth-order valence-electron chi connectivity index (χ4n) is 4.24. The number of anilines is 1. The average molecular weight is 452 g/mol. The van der Waals surface area contributed by atoms with Gasteiger partial charge in [-0.1, -0.05) is 17.7 Å². The number of hydrogen-bond donors (Lipinski definition) is 2. The van der Waals surface area contributed by atoms with Crippen molar-refractivity contribution in [3.63, 3.8) is 0 Å². The highest BCUT2D eigenvalue weighted by Crippen LogP contribution is 2.32. The third kappa shape index (κ3) is 3.49. The quantitative estimate of drug-likeness (QED) is 0.634. The largest absolute Gasteiger partial charge is 0.464 e. The minimum absolute atomic E-state index is 0.119. The predicted octanol–water partition coefficient (Wildman–Crippen LogP) is 2.77. The Kier molecular flexibility index (Phi) is 4.87. The second-order valence-corrected chi connectivity index (χ2v) is 9.71. The maximum Gasteiger partial charge on any atom is 0.256 e. The summed E-state index contributed by atoms with van der Waals surface area (Å²) in [5, 5.41) is 2.79. The van der Waals surface area contributed by atoms with Crippen molar-refractivity contribution in [2.24, 2.45) is 0 Å². The summed E-state index contributed by atoms with van der Waals surface area (Å²) in [6.45, 7) is 2.14. The van der Waals surface area contributed by atoms with E-state index in [4.69, 9.17) is 4.42 Å². The van der Waals surface area contributed by atoms with Gasteiger partial charge in [0.15, 0.2) is 0 Å². The summed E-state index contributed by atoms with van der Waals surface area (Å²) < 4.78 is 33.8. The van der Waals surface area contributed by atoms with Gasteiger partial charge in [-0.3, -0.25) is 9.59 Å². The van der Waals surface area contributed by atoms with Crippen molar-refractivity contribution in [2.45, 2.75) is 30.3 Å². The van der Waals surface area contributed by atoms with Crippen molar-refractivity contribution in [1.29, 1.82) is 0 Å². The minimum atomic E-state index is -3.85. The molecule has 0 bridgehead atoms. The van der Waals surface area contributed by atoms with Crippen LogP contribution in [0.2, 0.25) is 0 Å². The second kappa shape index (κ2) is 7.61. The van der Waals surface area contributed by atoms with E-state index in [1.807, 2.05) is 6.92 Å². The number of carbonyl (C=O) groups is 2. The van der Waals surface area contributed by atoms with E-state index in [0.29, 0.717) is 29.0 Å². The molecule has 1 fully saturated rings. The number of furan rings is 1. The fraction of sp³-hybridized carbons (Fsp3) is 0.217. The van der Waals surface area contributed by atoms with Gasteiger partial charge in [-0.2, -0.15) is 0 Å². The molecule has 0 aliphatic carbocycles. The summed E-state index contributed by atoms with van der Waals surface area (Å²) >= 11 is 0. The molecule has 1 saturated heterocycles. The number of nitrogens with one attached hydrogen (secondary N) is 2. The number of carbonyl (C=O) groups excluding carboxylic acids is 2. The molecule has 8 nitrogen and oxygen atoms in total. The van der Waals surface area contributed by atoms with Crippen molar-refractivity contribution in [3.8, 4) is 11.3 Å². The molecule has 0 radical (unpaired) electrons. The van der Waals surface area contributed by atoms with Gasteiger partial charge in [-0.25, -0.2) is 13.1 Å². The molecule has 2 aromatic carbocycles. The molecule has 2 aliphatic rings. The van der Waals surface area contributed by atoms with Crippen LogP contribution in [0.4, 0.5) is 5.69 Å². The molecular formula is C23H21N3O5S. The highest BCUT2D eigenvalue weighted by Gasteiger charge is 2.46. The molecule has 32 heavy (non-hydrogen) atoms. The van der Waals surface area contributed by atoms with Gasteiger partial charge in [0.25, 0.3) is 5.91 Å². The molecule has 0 spiro atoms. The summed E-state index contributed by atoms with van der Waals surface area (Å²) in [4.78, 5) is 27.9. The normalized spacial score (nSPS) is 20.5. The third-order valence-electron chi connectivity index (χ3n) is 5.88. The third-order valence-corrected chi connectivity index (χ3v) is 7.38. The minimum Gasteiger partial charge on any atom is -0.464 e. The zero-order valence-electron chi connectivity index (χ0n) is 17.2. The van der Waals surface area contributed by atoms with Crippen LogP contribution < -0.4 is 10.0 Å². The molecule has 2 N–H and O–H groups in total. The number of sulfonamides is 1. The predicted molar refractivity (Wildman–Crippen MR) is 118 cm³/mol. The number of amides is 2. The standard InChI is InChI=1S/C23H21N3O5S/c1-14-4-7-16(8-5-14)32(29,30)25-19-10-11-26-21(19)22(27)24-18-9-6-15(13-17(18)23(26)28)20-3-2-12-31-20/h2-9,12-13,19,21,25H,10-11H2,1H3,(H,24,27)/t19-,21-/m0/s1. The van der Waals surface area contributed by atoms with E-state index in [-0.39, 0.29) is 17.3 Å². The van der Waals surface area contributed by atoms with Crippen LogP contribution in [0.15, 0.2) is 70.2 Å². The van der Waals surface area contributed by atoms with Gasteiger partial charge < -0.3 is 14.6 Å². The Balaban J connectivity index is 1.44. The van der Waals surface area contributed by atoms with Crippen LogP contribution in [-0.2, 0) is 14.8 Å². The number of nitrogens with zero attached hydrogens (tertiary/aromatic N) is 1. The first-order valence-electron chi connectivity index (χ1n) is 10.2. The zero-order valence-corrected chi connectivity index (χ0v) is 18.1. The monoisotopic (exact) mass is 451 g/mol. The lowest BCUT2D eigenvalue weighted by atomic mass is 10.1. The lowest BCUT2D eigenvalue weighted by Gasteiger charge is -2.24. The summed E-state index contributed by atoms with van der Waals surface area (Å²) in [5.74, 6) is -0.136. The topological polar surface area (TPSA) is 109 Å². The maximum atomic E-state index is 13.3. The molecule has 3 heterocycles. The molecule has 1 aromatic heterocycles. The summed E-state index contributed by atoms with van der Waals surface area (Å²) in [6.07, 6.45) is 1.88. The Morgan fingerprint density at radius 3 is 2.59 bits per heavy atom. The first kappa shape index (κ1) is 20.5. The smallest absolute Gasteiger partial charge is 0.256 e. The average Bonchev–Trinajstić information content (AvgIpc) is 3.42. The van der Waals surface area contributed by atoms with Gasteiger partial charge in [-0.15, -0.1) is 0 Å². The summed E-state index contributed by atoms with van der Waals surface area (Å²) in [6, 6.07) is 13.4. The van der Waals surface area contributed by atoms with E-state index >= 15 is 0 Å². The Bertz CT molecular complexity index is 1300. The van der Waals surface area contributed by atoms with Crippen LogP contribution in [0.3, 0.4) is 0 Å². The number of hydrogen-bond acceptors (Lipinski definition) is 5. The Labute approximate surface area is 185 Å². The van der Waals surface area contributed by atoms with E-state index < -0.39 is 28.0 Å². The molecule has 164 valence electrons. The maximum absolute atomic E-state index is 13.3. The van der Waals surface area contributed by atoms with Crippen molar-refractivity contribution in [1.82, 2.24) is 9.62 Å². The van der Waals surface area contributed by atoms with Crippen molar-refractivity contribution in [3.05, 3.63) is 72.0 Å². The van der Waals surface area contributed by atoms with Crippen molar-refractivity contribution < 1.29 is 22.4 Å². The van der Waals surface area contributed by atoms with Crippen LogP contribution >= 0.6 is 0 Å². The molecule has 9 heteroatoms. The van der Waals surface area contributed by atoms with Crippen LogP contribution in [0.5, 0.6) is 0 Å². The lowest BCUT2D eigenvalue weighted by Crippen LogP contribution is -2.51. The van der Waals surface area contributed by atoms with E-state index in [9.17, 15) is 18.0 Å². The van der Waals surface area contributed by atoms with Crippen LogP contribution in [-0.4, -0.2) is 43.8 Å². The first-order chi connectivity index (χ1) is 15.3. The molecule has 2 amide bonds. The van der Waals surface area contributed by atoms with E-state index in [0.717, 1.165) is 5.56 Å². The van der Waals surface area contributed by atoms with Gasteiger partial charge in [0.05, 0.1) is 28.5 Å². The number of aryl methyl sites for hydroxylation is 1. The highest BCUT2D eigenvalue weighted by atomic mass is 32.2. The first-order valence-corrected chi connectivity index (χ1v) is 11.7. The molecule has 5 rings (SSSR count). The van der Waals surface area contributed by atoms with Crippen molar-refractivity contribution >= 4 is 27.5 Å².